The van der Waals surface area contributed by atoms with E-state index in [9.17, 15) is 4.79 Å². The molecule has 21 heavy (non-hydrogen) atoms. The molecule has 2 heterocycles. The second kappa shape index (κ2) is 8.79. The van der Waals surface area contributed by atoms with Gasteiger partial charge in [-0.2, -0.15) is 0 Å². The van der Waals surface area contributed by atoms with Crippen LogP contribution in [-0.4, -0.2) is 30.6 Å². The van der Waals surface area contributed by atoms with Crippen molar-refractivity contribution in [2.45, 2.75) is 19.8 Å². The monoisotopic (exact) mass is 336 g/mol. The summed E-state index contributed by atoms with van der Waals surface area (Å²) in [5.74, 6) is 0.876. The number of rotatable bonds is 3. The van der Waals surface area contributed by atoms with E-state index in [0.29, 0.717) is 24.7 Å². The van der Waals surface area contributed by atoms with Gasteiger partial charge in [0.25, 0.3) is 0 Å². The molecule has 0 saturated carbocycles. The number of pyridine rings is 1. The Bertz CT molecular complexity index is 473. The molecule has 4 N–H and O–H groups in total. The van der Waals surface area contributed by atoms with Gasteiger partial charge in [0.15, 0.2) is 0 Å². The van der Waals surface area contributed by atoms with Gasteiger partial charge in [-0.25, -0.2) is 4.98 Å². The predicted molar refractivity (Wildman–Crippen MR) is 89.1 cm³/mol. The second-order valence-electron chi connectivity index (χ2n) is 4.68. The number of ether oxygens (including phenoxy) is 1. The van der Waals surface area contributed by atoms with Crippen molar-refractivity contribution in [3.63, 3.8) is 0 Å². The van der Waals surface area contributed by atoms with Crippen LogP contribution in [-0.2, 0) is 9.53 Å². The number of aromatic nitrogens is 1. The van der Waals surface area contributed by atoms with E-state index >= 15 is 0 Å². The van der Waals surface area contributed by atoms with E-state index in [0.717, 1.165) is 25.2 Å². The van der Waals surface area contributed by atoms with Gasteiger partial charge in [-0.1, -0.05) is 0 Å². The number of nitrogen functional groups attached to an aromatic ring is 2. The third-order valence-corrected chi connectivity index (χ3v) is 3.31. The van der Waals surface area contributed by atoms with Crippen LogP contribution in [0.15, 0.2) is 12.1 Å². The van der Waals surface area contributed by atoms with Gasteiger partial charge in [0, 0.05) is 13.1 Å². The van der Waals surface area contributed by atoms with E-state index in [1.54, 1.807) is 6.07 Å². The Balaban J connectivity index is 0.00000200. The van der Waals surface area contributed by atoms with Crippen molar-refractivity contribution in [1.29, 1.82) is 0 Å². The number of carbonyl (C=O) groups excluding carboxylic acids is 1. The topological polar surface area (TPSA) is 94.5 Å². The van der Waals surface area contributed by atoms with Gasteiger partial charge in [0.05, 0.1) is 18.2 Å². The molecule has 0 unspecified atom stereocenters. The summed E-state index contributed by atoms with van der Waals surface area (Å²) in [5, 5.41) is 0. The molecule has 1 aromatic rings. The number of nitrogens with two attached hydrogens (primary N) is 2. The number of nitrogens with zero attached hydrogens (tertiary/aromatic N) is 2. The normalized spacial score (nSPS) is 17.4. The van der Waals surface area contributed by atoms with E-state index in [4.69, 9.17) is 16.2 Å². The molecular weight excluding hydrogens is 315 g/mol. The summed E-state index contributed by atoms with van der Waals surface area (Å²) in [7, 11) is 0. The summed E-state index contributed by atoms with van der Waals surface area (Å²) in [6.45, 7) is 3.73. The van der Waals surface area contributed by atoms with Crippen molar-refractivity contribution in [3.8, 4) is 0 Å². The molecule has 0 aromatic carbocycles. The summed E-state index contributed by atoms with van der Waals surface area (Å²) < 4.78 is 5.08. The SMILES string of the molecule is CCOC(=O)[C@@H]1CCCN(c2ccc(N)c(N)n2)C1.Cl.Cl. The third-order valence-electron chi connectivity index (χ3n) is 3.31. The van der Waals surface area contributed by atoms with Gasteiger partial charge in [-0.3, -0.25) is 4.79 Å². The van der Waals surface area contributed by atoms with E-state index < -0.39 is 0 Å². The summed E-state index contributed by atoms with van der Waals surface area (Å²) in [4.78, 5) is 18.1. The molecule has 1 aliphatic rings. The van der Waals surface area contributed by atoms with Crippen LogP contribution in [0.4, 0.5) is 17.3 Å². The van der Waals surface area contributed by atoms with Gasteiger partial charge in [-0.15, -0.1) is 24.8 Å². The van der Waals surface area contributed by atoms with Crippen LogP contribution in [0.25, 0.3) is 0 Å². The van der Waals surface area contributed by atoms with Crippen molar-refractivity contribution in [1.82, 2.24) is 4.98 Å². The van der Waals surface area contributed by atoms with Crippen LogP contribution >= 0.6 is 24.8 Å². The molecule has 0 aliphatic carbocycles. The minimum absolute atomic E-state index is 0. The maximum absolute atomic E-state index is 11.8. The summed E-state index contributed by atoms with van der Waals surface area (Å²) in [6, 6.07) is 3.57. The lowest BCUT2D eigenvalue weighted by Gasteiger charge is -2.32. The average Bonchev–Trinajstić information content (AvgIpc) is 2.42. The first kappa shape index (κ1) is 19.6. The first-order valence-electron chi connectivity index (χ1n) is 6.55. The maximum atomic E-state index is 11.8. The zero-order valence-corrected chi connectivity index (χ0v) is 13.6. The van der Waals surface area contributed by atoms with E-state index in [2.05, 4.69) is 9.88 Å². The van der Waals surface area contributed by atoms with Gasteiger partial charge < -0.3 is 21.1 Å². The lowest BCUT2D eigenvalue weighted by atomic mass is 9.98. The van der Waals surface area contributed by atoms with Crippen LogP contribution in [0.1, 0.15) is 19.8 Å². The van der Waals surface area contributed by atoms with Gasteiger partial charge in [-0.05, 0) is 31.9 Å². The van der Waals surface area contributed by atoms with Crippen LogP contribution in [0.2, 0.25) is 0 Å². The summed E-state index contributed by atoms with van der Waals surface area (Å²) in [5.41, 5.74) is 11.8. The molecule has 1 aromatic heterocycles. The van der Waals surface area contributed by atoms with E-state index in [1.165, 1.54) is 0 Å². The molecule has 0 bridgehead atoms. The molecule has 1 aliphatic heterocycles. The van der Waals surface area contributed by atoms with Crippen molar-refractivity contribution < 1.29 is 9.53 Å². The molecule has 2 rings (SSSR count). The smallest absolute Gasteiger partial charge is 0.310 e. The molecule has 8 heteroatoms. The Morgan fingerprint density at radius 2 is 2.14 bits per heavy atom. The van der Waals surface area contributed by atoms with Gasteiger partial charge >= 0.3 is 5.97 Å². The highest BCUT2D eigenvalue weighted by molar-refractivity contribution is 5.85. The maximum Gasteiger partial charge on any atom is 0.310 e. The second-order valence-corrected chi connectivity index (χ2v) is 4.68. The fourth-order valence-electron chi connectivity index (χ4n) is 2.29. The van der Waals surface area contributed by atoms with Crippen molar-refractivity contribution in [2.24, 2.45) is 5.92 Å². The number of carbonyl (C=O) groups is 1. The average molecular weight is 337 g/mol. The Labute approximate surface area is 137 Å². The van der Waals surface area contributed by atoms with Crippen molar-refractivity contribution in [3.05, 3.63) is 12.1 Å². The largest absolute Gasteiger partial charge is 0.466 e. The Kier molecular flexibility index (Phi) is 8.21. The van der Waals surface area contributed by atoms with Crippen molar-refractivity contribution in [2.75, 3.05) is 36.1 Å². The van der Waals surface area contributed by atoms with Crippen molar-refractivity contribution >= 4 is 48.1 Å². The Hall–Kier alpha value is -1.40. The van der Waals surface area contributed by atoms with E-state index in [1.807, 2.05) is 13.0 Å². The van der Waals surface area contributed by atoms with Gasteiger partial charge in [0.2, 0.25) is 0 Å². The number of hydrogen-bond donors (Lipinski definition) is 2. The van der Waals surface area contributed by atoms with Gasteiger partial charge in [0.1, 0.15) is 11.6 Å². The lowest BCUT2D eigenvalue weighted by molar-refractivity contribution is -0.148. The highest BCUT2D eigenvalue weighted by Gasteiger charge is 2.27. The lowest BCUT2D eigenvalue weighted by Crippen LogP contribution is -2.39. The van der Waals surface area contributed by atoms with Crippen LogP contribution in [0.5, 0.6) is 0 Å². The molecule has 0 radical (unpaired) electrons. The van der Waals surface area contributed by atoms with Crippen LogP contribution in [0, 0.1) is 5.92 Å². The number of hydrogen-bond acceptors (Lipinski definition) is 6. The molecule has 1 fully saturated rings. The highest BCUT2D eigenvalue weighted by atomic mass is 35.5. The first-order chi connectivity index (χ1) is 9.11. The summed E-state index contributed by atoms with van der Waals surface area (Å²) >= 11 is 0. The first-order valence-corrected chi connectivity index (χ1v) is 6.55. The molecular formula is C13H22Cl2N4O2. The zero-order valence-electron chi connectivity index (χ0n) is 11.9. The predicted octanol–water partition coefficient (Wildman–Crippen LogP) is 1.87. The molecule has 120 valence electrons. The quantitative estimate of drug-likeness (QED) is 0.818. The third kappa shape index (κ3) is 4.82. The summed E-state index contributed by atoms with van der Waals surface area (Å²) in [6.07, 6.45) is 1.80. The fourth-order valence-corrected chi connectivity index (χ4v) is 2.29. The number of piperidine rings is 1. The number of anilines is 3. The Morgan fingerprint density at radius 3 is 2.76 bits per heavy atom. The minimum atomic E-state index is -0.129. The number of esters is 1. The molecule has 6 nitrogen and oxygen atoms in total. The molecule has 0 spiro atoms. The van der Waals surface area contributed by atoms with Crippen LogP contribution < -0.4 is 16.4 Å². The molecule has 0 amide bonds. The highest BCUT2D eigenvalue weighted by Crippen LogP contribution is 2.24. The van der Waals surface area contributed by atoms with E-state index in [-0.39, 0.29) is 36.7 Å². The minimum Gasteiger partial charge on any atom is -0.466 e. The zero-order chi connectivity index (χ0) is 13.8. The fraction of sp³-hybridized carbons (Fsp3) is 0.538. The molecule has 1 atom stereocenters. The Morgan fingerprint density at radius 1 is 1.43 bits per heavy atom. The van der Waals surface area contributed by atoms with Crippen LogP contribution in [0.3, 0.4) is 0 Å². The molecule has 1 saturated heterocycles. The number of halogens is 2. The standard InChI is InChI=1S/C13H20N4O2.2ClH/c1-2-19-13(18)9-4-3-7-17(8-9)11-6-5-10(14)12(15)16-11;;/h5-6,9H,2-4,7-8,14H2,1H3,(H2,15,16);2*1H/t9-;;/m1../s1.